The molecule has 1 saturated carbocycles. The van der Waals surface area contributed by atoms with Gasteiger partial charge >= 0.3 is 0 Å². The zero-order valence-electron chi connectivity index (χ0n) is 12.4. The topological polar surface area (TPSA) is 46.6 Å². The normalized spacial score (nSPS) is 25.3. The predicted octanol–water partition coefficient (Wildman–Crippen LogP) is 2.74. The van der Waals surface area contributed by atoms with Gasteiger partial charge in [-0.05, 0) is 49.7 Å². The first-order valence-electron chi connectivity index (χ1n) is 7.65. The molecule has 4 nitrogen and oxygen atoms in total. The number of hydrogen-bond donors (Lipinski definition) is 0. The van der Waals surface area contributed by atoms with Crippen LogP contribution in [-0.2, 0) is 4.74 Å². The maximum absolute atomic E-state index is 12.3. The molecule has 2 aliphatic rings. The molecule has 1 aliphatic heterocycles. The van der Waals surface area contributed by atoms with E-state index >= 15 is 0 Å². The number of amides is 2. The van der Waals surface area contributed by atoms with Crippen LogP contribution < -0.4 is 0 Å². The molecule has 0 bridgehead atoms. The molecule has 0 spiro atoms. The number of fused-ring (bicyclic) bond motifs is 1. The third kappa shape index (κ3) is 2.72. The van der Waals surface area contributed by atoms with Crippen molar-refractivity contribution in [1.82, 2.24) is 4.90 Å². The van der Waals surface area contributed by atoms with Gasteiger partial charge in [0, 0.05) is 20.3 Å². The summed E-state index contributed by atoms with van der Waals surface area (Å²) >= 11 is 0. The van der Waals surface area contributed by atoms with E-state index < -0.39 is 0 Å². The molecule has 1 aromatic carbocycles. The van der Waals surface area contributed by atoms with Crippen LogP contribution in [0.15, 0.2) is 24.3 Å². The zero-order valence-corrected chi connectivity index (χ0v) is 12.4. The Morgan fingerprint density at radius 2 is 1.52 bits per heavy atom. The third-order valence-corrected chi connectivity index (χ3v) is 4.69. The van der Waals surface area contributed by atoms with E-state index in [4.69, 9.17) is 4.74 Å². The summed E-state index contributed by atoms with van der Waals surface area (Å²) in [6.45, 7) is 1.38. The van der Waals surface area contributed by atoms with Gasteiger partial charge < -0.3 is 4.74 Å². The summed E-state index contributed by atoms with van der Waals surface area (Å²) in [4.78, 5) is 26.1. The van der Waals surface area contributed by atoms with Crippen LogP contribution in [0.3, 0.4) is 0 Å². The van der Waals surface area contributed by atoms with Gasteiger partial charge in [0.1, 0.15) is 0 Å². The lowest BCUT2D eigenvalue weighted by Crippen LogP contribution is -2.36. The molecule has 1 fully saturated rings. The lowest BCUT2D eigenvalue weighted by molar-refractivity contribution is 0.0593. The van der Waals surface area contributed by atoms with Crippen LogP contribution >= 0.6 is 0 Å². The Morgan fingerprint density at radius 3 is 2.05 bits per heavy atom. The quantitative estimate of drug-likeness (QED) is 0.800. The van der Waals surface area contributed by atoms with Crippen LogP contribution in [0.5, 0.6) is 0 Å². The summed E-state index contributed by atoms with van der Waals surface area (Å²) in [5, 5.41) is 0. The number of carbonyl (C=O) groups is 2. The summed E-state index contributed by atoms with van der Waals surface area (Å²) in [7, 11) is 1.74. The van der Waals surface area contributed by atoms with Gasteiger partial charge in [0.2, 0.25) is 0 Å². The summed E-state index contributed by atoms with van der Waals surface area (Å²) in [5.41, 5.74) is 1.10. The minimum absolute atomic E-state index is 0.130. The monoisotopic (exact) mass is 287 g/mol. The molecule has 0 N–H and O–H groups in total. The molecular weight excluding hydrogens is 266 g/mol. The van der Waals surface area contributed by atoms with Gasteiger partial charge in [-0.15, -0.1) is 0 Å². The molecule has 0 saturated heterocycles. The van der Waals surface area contributed by atoms with Crippen molar-refractivity contribution in [3.63, 3.8) is 0 Å². The van der Waals surface area contributed by atoms with Crippen LogP contribution in [0, 0.1) is 11.8 Å². The Kier molecular flexibility index (Phi) is 4.06. The predicted molar refractivity (Wildman–Crippen MR) is 79.1 cm³/mol. The second-order valence-electron chi connectivity index (χ2n) is 6.11. The molecule has 1 heterocycles. The minimum Gasteiger partial charge on any atom is -0.384 e. The van der Waals surface area contributed by atoms with E-state index in [0.717, 1.165) is 32.3 Å². The van der Waals surface area contributed by atoms with Crippen molar-refractivity contribution < 1.29 is 14.3 Å². The number of hydrogen-bond acceptors (Lipinski definition) is 3. The molecule has 2 amide bonds. The number of imide groups is 1. The fourth-order valence-corrected chi connectivity index (χ4v) is 3.48. The molecule has 112 valence electrons. The summed E-state index contributed by atoms with van der Waals surface area (Å²) < 4.78 is 5.21. The minimum atomic E-state index is -0.130. The summed E-state index contributed by atoms with van der Waals surface area (Å²) in [6, 6.07) is 7.10. The highest BCUT2D eigenvalue weighted by molar-refractivity contribution is 6.21. The molecule has 0 aromatic heterocycles. The first kappa shape index (κ1) is 14.3. The maximum atomic E-state index is 12.3. The molecular formula is C17H21NO3. The van der Waals surface area contributed by atoms with Gasteiger partial charge in [-0.25, -0.2) is 0 Å². The molecule has 1 aromatic rings. The Bertz CT molecular complexity index is 512. The van der Waals surface area contributed by atoms with E-state index in [9.17, 15) is 9.59 Å². The fourth-order valence-electron chi connectivity index (χ4n) is 3.48. The number of carbonyl (C=O) groups excluding carboxylic acids is 2. The van der Waals surface area contributed by atoms with Crippen molar-refractivity contribution >= 4 is 11.8 Å². The molecule has 1 aliphatic carbocycles. The van der Waals surface area contributed by atoms with Crippen molar-refractivity contribution in [3.05, 3.63) is 35.4 Å². The lowest BCUT2D eigenvalue weighted by Gasteiger charge is -2.30. The van der Waals surface area contributed by atoms with Crippen LogP contribution in [0.1, 0.15) is 46.4 Å². The van der Waals surface area contributed by atoms with Gasteiger partial charge in [0.05, 0.1) is 11.1 Å². The molecule has 3 rings (SSSR count). The molecule has 4 heteroatoms. The first-order valence-corrected chi connectivity index (χ1v) is 7.65. The molecule has 0 unspecified atom stereocenters. The van der Waals surface area contributed by atoms with Crippen LogP contribution in [0.2, 0.25) is 0 Å². The van der Waals surface area contributed by atoms with Crippen molar-refractivity contribution in [2.24, 2.45) is 11.8 Å². The Labute approximate surface area is 125 Å². The van der Waals surface area contributed by atoms with Crippen LogP contribution in [0.25, 0.3) is 0 Å². The number of ether oxygens (including phenoxy) is 1. The first-order chi connectivity index (χ1) is 10.2. The average molecular weight is 287 g/mol. The van der Waals surface area contributed by atoms with Gasteiger partial charge in [0.25, 0.3) is 11.8 Å². The van der Waals surface area contributed by atoms with E-state index in [1.807, 2.05) is 12.1 Å². The largest absolute Gasteiger partial charge is 0.384 e. The average Bonchev–Trinajstić information content (AvgIpc) is 2.75. The van der Waals surface area contributed by atoms with Crippen molar-refractivity contribution in [2.75, 3.05) is 20.3 Å². The van der Waals surface area contributed by atoms with Gasteiger partial charge in [0.15, 0.2) is 0 Å². The van der Waals surface area contributed by atoms with Gasteiger partial charge in [-0.3, -0.25) is 14.5 Å². The smallest absolute Gasteiger partial charge is 0.261 e. The Hall–Kier alpha value is -1.68. The summed E-state index contributed by atoms with van der Waals surface area (Å²) in [6.07, 6.45) is 4.40. The Balaban J connectivity index is 1.63. The second-order valence-corrected chi connectivity index (χ2v) is 6.11. The standard InChI is InChI=1S/C17H21NO3/c1-21-11-13-8-6-12(7-9-13)10-18-16(19)14-4-2-3-5-15(14)17(18)20/h2-5,12-13H,6-11H2,1H3. The highest BCUT2D eigenvalue weighted by atomic mass is 16.5. The van der Waals surface area contributed by atoms with Crippen molar-refractivity contribution in [1.29, 1.82) is 0 Å². The van der Waals surface area contributed by atoms with E-state index in [1.54, 1.807) is 19.2 Å². The fraction of sp³-hybridized carbons (Fsp3) is 0.529. The van der Waals surface area contributed by atoms with Gasteiger partial charge in [-0.1, -0.05) is 12.1 Å². The SMILES string of the molecule is COCC1CCC(CN2C(=O)c3ccccc3C2=O)CC1. The number of methoxy groups -OCH3 is 1. The Morgan fingerprint density at radius 1 is 1.00 bits per heavy atom. The number of benzene rings is 1. The van der Waals surface area contributed by atoms with Crippen molar-refractivity contribution in [2.45, 2.75) is 25.7 Å². The number of rotatable bonds is 4. The van der Waals surface area contributed by atoms with E-state index in [2.05, 4.69) is 0 Å². The molecule has 21 heavy (non-hydrogen) atoms. The molecule has 0 atom stereocenters. The maximum Gasteiger partial charge on any atom is 0.261 e. The third-order valence-electron chi connectivity index (χ3n) is 4.69. The zero-order chi connectivity index (χ0) is 14.8. The highest BCUT2D eigenvalue weighted by Gasteiger charge is 2.36. The van der Waals surface area contributed by atoms with Crippen molar-refractivity contribution in [3.8, 4) is 0 Å². The second kappa shape index (κ2) is 5.98. The van der Waals surface area contributed by atoms with Gasteiger partial charge in [-0.2, -0.15) is 0 Å². The lowest BCUT2D eigenvalue weighted by atomic mass is 9.82. The highest BCUT2D eigenvalue weighted by Crippen LogP contribution is 2.31. The number of nitrogens with zero attached hydrogens (tertiary/aromatic N) is 1. The summed E-state index contributed by atoms with van der Waals surface area (Å²) in [5.74, 6) is 0.804. The van der Waals surface area contributed by atoms with E-state index in [-0.39, 0.29) is 11.8 Å². The van der Waals surface area contributed by atoms with Crippen LogP contribution in [-0.4, -0.2) is 37.0 Å². The van der Waals surface area contributed by atoms with E-state index in [0.29, 0.717) is 29.5 Å². The van der Waals surface area contributed by atoms with Crippen LogP contribution in [0.4, 0.5) is 0 Å². The van der Waals surface area contributed by atoms with E-state index in [1.165, 1.54) is 4.90 Å². The molecule has 0 radical (unpaired) electrons.